The number of furan rings is 1. The van der Waals surface area contributed by atoms with E-state index < -0.39 is 5.91 Å². The number of carbonyl (C=O) groups is 1. The average molecular weight is 344 g/mol. The highest BCUT2D eigenvalue weighted by Gasteiger charge is 2.23. The van der Waals surface area contributed by atoms with Crippen molar-refractivity contribution in [1.29, 1.82) is 0 Å². The van der Waals surface area contributed by atoms with Crippen LogP contribution in [0.3, 0.4) is 0 Å². The zero-order chi connectivity index (χ0) is 17.8. The molecule has 2 heterocycles. The summed E-state index contributed by atoms with van der Waals surface area (Å²) in [5, 5.41) is 4.07. The Morgan fingerprint density at radius 1 is 1.00 bits per heavy atom. The summed E-state index contributed by atoms with van der Waals surface area (Å²) in [5.41, 5.74) is 5.29. The molecular weight excluding hydrogens is 328 g/mol. The molecule has 5 heteroatoms. The Bertz CT molecular complexity index is 960. The van der Waals surface area contributed by atoms with Gasteiger partial charge in [0.1, 0.15) is 5.75 Å². The van der Waals surface area contributed by atoms with Gasteiger partial charge in [-0.25, -0.2) is 5.43 Å². The summed E-state index contributed by atoms with van der Waals surface area (Å²) in [6, 6.07) is 20.9. The molecule has 1 aromatic heterocycles. The lowest BCUT2D eigenvalue weighted by Gasteiger charge is -2.25. The molecule has 128 valence electrons. The molecule has 0 saturated heterocycles. The first-order chi connectivity index (χ1) is 12.8. The molecule has 1 aliphatic heterocycles. The van der Waals surface area contributed by atoms with E-state index in [1.165, 1.54) is 6.26 Å². The fourth-order valence-electron chi connectivity index (χ4n) is 2.78. The minimum Gasteiger partial charge on any atom is -0.480 e. The van der Waals surface area contributed by atoms with Crippen molar-refractivity contribution in [2.75, 3.05) is 0 Å². The fraction of sp³-hybridized carbons (Fsp3) is 0.0476. The Kier molecular flexibility index (Phi) is 4.35. The Morgan fingerprint density at radius 3 is 2.62 bits per heavy atom. The number of carbonyl (C=O) groups excluding carboxylic acids is 1. The Labute approximate surface area is 150 Å². The summed E-state index contributed by atoms with van der Waals surface area (Å²) in [6.45, 7) is 0. The van der Waals surface area contributed by atoms with Crippen LogP contribution in [0.25, 0.3) is 6.08 Å². The smallest absolute Gasteiger partial charge is 0.307 e. The summed E-state index contributed by atoms with van der Waals surface area (Å²) in [4.78, 5) is 11.9. The minimum absolute atomic E-state index is 0.209. The van der Waals surface area contributed by atoms with Gasteiger partial charge in [0.2, 0.25) is 0 Å². The molecule has 1 amide bonds. The summed E-state index contributed by atoms with van der Waals surface area (Å²) in [7, 11) is 0. The maximum atomic E-state index is 11.9. The number of rotatable bonds is 4. The van der Waals surface area contributed by atoms with Crippen LogP contribution in [0.2, 0.25) is 0 Å². The van der Waals surface area contributed by atoms with Crippen LogP contribution in [-0.4, -0.2) is 12.1 Å². The molecule has 1 atom stereocenters. The van der Waals surface area contributed by atoms with Gasteiger partial charge in [-0.3, -0.25) is 4.79 Å². The zero-order valence-electron chi connectivity index (χ0n) is 13.8. The van der Waals surface area contributed by atoms with Crippen LogP contribution in [0.5, 0.6) is 5.75 Å². The van der Waals surface area contributed by atoms with E-state index in [-0.39, 0.29) is 11.9 Å². The lowest BCUT2D eigenvalue weighted by Crippen LogP contribution is -2.19. The molecular formula is C21H16N2O3. The molecule has 1 aliphatic rings. The summed E-state index contributed by atoms with van der Waals surface area (Å²) in [6.07, 6.45) is 4.77. The first kappa shape index (κ1) is 15.9. The first-order valence-corrected chi connectivity index (χ1v) is 8.20. The Balaban J connectivity index is 1.61. The maximum Gasteiger partial charge on any atom is 0.307 e. The summed E-state index contributed by atoms with van der Waals surface area (Å²) in [5.74, 6) is 0.624. The number of hydrogen-bond acceptors (Lipinski definition) is 4. The highest BCUT2D eigenvalue weighted by Crippen LogP contribution is 2.36. The predicted molar refractivity (Wildman–Crippen MR) is 98.9 cm³/mol. The summed E-state index contributed by atoms with van der Waals surface area (Å²) < 4.78 is 11.2. The fourth-order valence-corrected chi connectivity index (χ4v) is 2.78. The number of benzene rings is 2. The van der Waals surface area contributed by atoms with Crippen LogP contribution in [0.4, 0.5) is 0 Å². The van der Waals surface area contributed by atoms with Crippen LogP contribution in [0, 0.1) is 0 Å². The average Bonchev–Trinajstić information content (AvgIpc) is 3.23. The zero-order valence-corrected chi connectivity index (χ0v) is 13.8. The first-order valence-electron chi connectivity index (χ1n) is 8.20. The second kappa shape index (κ2) is 7.11. The van der Waals surface area contributed by atoms with Gasteiger partial charge in [-0.1, -0.05) is 48.5 Å². The molecule has 0 aliphatic carbocycles. The highest BCUT2D eigenvalue weighted by molar-refractivity contribution is 5.93. The van der Waals surface area contributed by atoms with E-state index in [2.05, 4.69) is 10.5 Å². The van der Waals surface area contributed by atoms with Gasteiger partial charge >= 0.3 is 5.91 Å². The molecule has 0 bridgehead atoms. The monoisotopic (exact) mass is 344 g/mol. The number of hydrogen-bond donors (Lipinski definition) is 1. The molecule has 0 spiro atoms. The summed E-state index contributed by atoms with van der Waals surface area (Å²) >= 11 is 0. The Morgan fingerprint density at radius 2 is 1.81 bits per heavy atom. The van der Waals surface area contributed by atoms with E-state index in [1.807, 2.05) is 60.7 Å². The van der Waals surface area contributed by atoms with Gasteiger partial charge in [0.15, 0.2) is 11.9 Å². The van der Waals surface area contributed by atoms with Crippen molar-refractivity contribution < 1.29 is 13.9 Å². The molecule has 0 saturated carbocycles. The van der Waals surface area contributed by atoms with Crippen LogP contribution in [0.15, 0.2) is 88.1 Å². The van der Waals surface area contributed by atoms with E-state index in [9.17, 15) is 4.79 Å². The standard InChI is InChI=1S/C21H16N2O3/c24-21(19-11-6-12-25-19)23-22-14-17-13-16-9-4-5-10-18(16)26-20(17)15-7-2-1-3-8-15/h1-14,20H,(H,23,24)/b22-14+. The number of para-hydroxylation sites is 1. The van der Waals surface area contributed by atoms with Gasteiger partial charge in [0, 0.05) is 11.1 Å². The van der Waals surface area contributed by atoms with E-state index >= 15 is 0 Å². The number of nitrogens with zero attached hydrogens (tertiary/aromatic N) is 1. The number of amides is 1. The molecule has 0 radical (unpaired) electrons. The number of nitrogens with one attached hydrogen (secondary N) is 1. The van der Waals surface area contributed by atoms with Crippen molar-refractivity contribution in [3.63, 3.8) is 0 Å². The third-order valence-corrected chi connectivity index (χ3v) is 4.02. The van der Waals surface area contributed by atoms with Crippen LogP contribution in [-0.2, 0) is 0 Å². The Hall–Kier alpha value is -3.60. The van der Waals surface area contributed by atoms with Crippen molar-refractivity contribution >= 4 is 18.2 Å². The predicted octanol–water partition coefficient (Wildman–Crippen LogP) is 4.21. The van der Waals surface area contributed by atoms with Gasteiger partial charge in [-0.05, 0) is 29.8 Å². The van der Waals surface area contributed by atoms with E-state index in [0.29, 0.717) is 0 Å². The second-order valence-electron chi connectivity index (χ2n) is 5.77. The van der Waals surface area contributed by atoms with Crippen molar-refractivity contribution in [3.8, 4) is 5.75 Å². The van der Waals surface area contributed by atoms with Crippen molar-refractivity contribution in [2.24, 2.45) is 5.10 Å². The second-order valence-corrected chi connectivity index (χ2v) is 5.77. The SMILES string of the molecule is O=C(N/N=C/C1=Cc2ccccc2OC1c1ccccc1)c1ccco1. The molecule has 5 nitrogen and oxygen atoms in total. The molecule has 1 unspecified atom stereocenters. The quantitative estimate of drug-likeness (QED) is 0.569. The highest BCUT2D eigenvalue weighted by atomic mass is 16.5. The number of hydrazone groups is 1. The van der Waals surface area contributed by atoms with E-state index in [0.717, 1.165) is 22.4 Å². The molecule has 1 N–H and O–H groups in total. The van der Waals surface area contributed by atoms with Crippen molar-refractivity contribution in [2.45, 2.75) is 6.10 Å². The maximum absolute atomic E-state index is 11.9. The lowest BCUT2D eigenvalue weighted by molar-refractivity contribution is 0.0927. The van der Waals surface area contributed by atoms with Gasteiger partial charge in [0.05, 0.1) is 12.5 Å². The number of ether oxygens (including phenoxy) is 1. The topological polar surface area (TPSA) is 63.8 Å². The normalized spacial score (nSPS) is 15.8. The molecule has 2 aromatic carbocycles. The van der Waals surface area contributed by atoms with Gasteiger partial charge in [-0.15, -0.1) is 0 Å². The van der Waals surface area contributed by atoms with Crippen molar-refractivity contribution in [1.82, 2.24) is 5.43 Å². The largest absolute Gasteiger partial charge is 0.480 e. The van der Waals surface area contributed by atoms with Gasteiger partial charge < -0.3 is 9.15 Å². The third-order valence-electron chi connectivity index (χ3n) is 4.02. The molecule has 3 aromatic rings. The molecule has 26 heavy (non-hydrogen) atoms. The van der Waals surface area contributed by atoms with Gasteiger partial charge in [-0.2, -0.15) is 5.10 Å². The minimum atomic E-state index is -0.403. The third kappa shape index (κ3) is 3.28. The van der Waals surface area contributed by atoms with Gasteiger partial charge in [0.25, 0.3) is 0 Å². The lowest BCUT2D eigenvalue weighted by atomic mass is 9.97. The van der Waals surface area contributed by atoms with Crippen LogP contribution >= 0.6 is 0 Å². The van der Waals surface area contributed by atoms with Crippen molar-refractivity contribution in [3.05, 3.63) is 95.5 Å². The van der Waals surface area contributed by atoms with E-state index in [4.69, 9.17) is 9.15 Å². The van der Waals surface area contributed by atoms with E-state index in [1.54, 1.807) is 18.3 Å². The molecule has 4 rings (SSSR count). The van der Waals surface area contributed by atoms with Crippen LogP contribution < -0.4 is 10.2 Å². The number of fused-ring (bicyclic) bond motifs is 1. The van der Waals surface area contributed by atoms with Crippen LogP contribution in [0.1, 0.15) is 27.8 Å². The molecule has 0 fully saturated rings.